The lowest BCUT2D eigenvalue weighted by molar-refractivity contribution is -0.116. The Kier molecular flexibility index (Phi) is 4.25. The zero-order valence-electron chi connectivity index (χ0n) is 15.7. The number of rotatable bonds is 3. The summed E-state index contributed by atoms with van der Waals surface area (Å²) >= 11 is 0. The Labute approximate surface area is 148 Å². The summed E-state index contributed by atoms with van der Waals surface area (Å²) in [5.41, 5.74) is 3.57. The number of hydrogen-bond acceptors (Lipinski definition) is 1. The molecular weight excluding hydrogens is 292 g/mol. The third-order valence-electron chi connectivity index (χ3n) is 8.36. The van der Waals surface area contributed by atoms with Gasteiger partial charge in [-0.2, -0.15) is 0 Å². The molecule has 132 valence electrons. The third kappa shape index (κ3) is 2.45. The lowest BCUT2D eigenvalue weighted by Crippen LogP contribution is -2.46. The number of fused-ring (bicyclic) bond motifs is 5. The maximum Gasteiger partial charge on any atom is 0.155 e. The summed E-state index contributed by atoms with van der Waals surface area (Å²) < 4.78 is 0. The molecule has 3 fully saturated rings. The van der Waals surface area contributed by atoms with Crippen LogP contribution in [-0.4, -0.2) is 5.78 Å². The van der Waals surface area contributed by atoms with Crippen molar-refractivity contribution in [3.63, 3.8) is 0 Å². The molecular formula is C23H34O. The van der Waals surface area contributed by atoms with Crippen molar-refractivity contribution in [3.8, 4) is 0 Å². The van der Waals surface area contributed by atoms with Gasteiger partial charge in [0.05, 0.1) is 0 Å². The third-order valence-corrected chi connectivity index (χ3v) is 8.36. The molecule has 0 saturated heterocycles. The Bertz CT molecular complexity index is 571. The van der Waals surface area contributed by atoms with E-state index in [-0.39, 0.29) is 0 Å². The molecule has 4 aliphatic carbocycles. The molecule has 1 heteroatoms. The van der Waals surface area contributed by atoms with Gasteiger partial charge < -0.3 is 0 Å². The van der Waals surface area contributed by atoms with Crippen molar-refractivity contribution < 1.29 is 4.79 Å². The molecule has 4 aliphatic rings. The highest BCUT2D eigenvalue weighted by atomic mass is 16.1. The van der Waals surface area contributed by atoms with E-state index in [0.29, 0.717) is 11.2 Å². The number of ketones is 1. The first kappa shape index (κ1) is 16.6. The van der Waals surface area contributed by atoms with Crippen molar-refractivity contribution in [3.05, 3.63) is 23.8 Å². The molecule has 0 aromatic carbocycles. The molecule has 24 heavy (non-hydrogen) atoms. The molecule has 0 amide bonds. The Balaban J connectivity index is 1.57. The number of carbonyl (C=O) groups is 1. The molecule has 3 saturated carbocycles. The summed E-state index contributed by atoms with van der Waals surface area (Å²) in [6.07, 6.45) is 14.6. The fourth-order valence-electron chi connectivity index (χ4n) is 7.35. The molecule has 0 aromatic heterocycles. The average molecular weight is 327 g/mol. The van der Waals surface area contributed by atoms with Crippen molar-refractivity contribution in [2.75, 3.05) is 0 Å². The molecule has 6 atom stereocenters. The van der Waals surface area contributed by atoms with E-state index >= 15 is 0 Å². The van der Waals surface area contributed by atoms with Gasteiger partial charge in [-0.25, -0.2) is 0 Å². The van der Waals surface area contributed by atoms with Crippen molar-refractivity contribution in [2.24, 2.45) is 35.0 Å². The van der Waals surface area contributed by atoms with E-state index in [1.54, 1.807) is 5.57 Å². The molecule has 0 heterocycles. The van der Waals surface area contributed by atoms with Gasteiger partial charge in [-0.05, 0) is 92.4 Å². The zero-order chi connectivity index (χ0) is 16.9. The monoisotopic (exact) mass is 326 g/mol. The number of hydrogen-bond donors (Lipinski definition) is 0. The van der Waals surface area contributed by atoms with E-state index in [0.717, 1.165) is 42.4 Å². The second kappa shape index (κ2) is 6.15. The zero-order valence-corrected chi connectivity index (χ0v) is 15.7. The minimum absolute atomic E-state index is 0.386. The number of carbonyl (C=O) groups excluding carboxylic acids is 1. The molecule has 0 aromatic rings. The van der Waals surface area contributed by atoms with E-state index in [9.17, 15) is 4.79 Å². The highest BCUT2D eigenvalue weighted by molar-refractivity contribution is 5.91. The molecule has 1 nitrogen and oxygen atoms in total. The Morgan fingerprint density at radius 2 is 2.00 bits per heavy atom. The molecule has 0 aliphatic heterocycles. The van der Waals surface area contributed by atoms with Gasteiger partial charge in [-0.1, -0.05) is 38.0 Å². The maximum atomic E-state index is 11.8. The first-order valence-corrected chi connectivity index (χ1v) is 10.5. The molecule has 0 spiro atoms. The van der Waals surface area contributed by atoms with Crippen molar-refractivity contribution >= 4 is 5.78 Å². The second-order valence-electron chi connectivity index (χ2n) is 9.39. The summed E-state index contributed by atoms with van der Waals surface area (Å²) in [7, 11) is 0. The summed E-state index contributed by atoms with van der Waals surface area (Å²) in [4.78, 5) is 11.8. The lowest BCUT2D eigenvalue weighted by atomic mass is 9.51. The molecule has 0 N–H and O–H groups in total. The van der Waals surface area contributed by atoms with Crippen LogP contribution < -0.4 is 0 Å². The van der Waals surface area contributed by atoms with Crippen LogP contribution in [0.3, 0.4) is 0 Å². The highest BCUT2D eigenvalue weighted by Gasteiger charge is 2.56. The Morgan fingerprint density at radius 1 is 1.17 bits per heavy atom. The van der Waals surface area contributed by atoms with Crippen LogP contribution in [-0.2, 0) is 4.79 Å². The average Bonchev–Trinajstić information content (AvgIpc) is 2.92. The van der Waals surface area contributed by atoms with Crippen LogP contribution in [0.15, 0.2) is 23.8 Å². The van der Waals surface area contributed by atoms with Gasteiger partial charge in [0.1, 0.15) is 0 Å². The summed E-state index contributed by atoms with van der Waals surface area (Å²) in [6, 6.07) is 0. The summed E-state index contributed by atoms with van der Waals surface area (Å²) in [6.45, 7) is 9.38. The second-order valence-corrected chi connectivity index (χ2v) is 9.39. The SMILES string of the molecule is C=C(CCC)[C@H]1CCC2C3CCC4=CC(=O)CC[C@@H]4C3CC[C@@]21C. The first-order valence-electron chi connectivity index (χ1n) is 10.5. The van der Waals surface area contributed by atoms with Crippen LogP contribution in [0.2, 0.25) is 0 Å². The van der Waals surface area contributed by atoms with Gasteiger partial charge in [-0.3, -0.25) is 4.79 Å². The van der Waals surface area contributed by atoms with Gasteiger partial charge in [0.25, 0.3) is 0 Å². The van der Waals surface area contributed by atoms with Gasteiger partial charge in [0.15, 0.2) is 5.78 Å². The minimum atomic E-state index is 0.386. The van der Waals surface area contributed by atoms with Crippen LogP contribution in [0.4, 0.5) is 0 Å². The minimum Gasteiger partial charge on any atom is -0.295 e. The van der Waals surface area contributed by atoms with E-state index in [4.69, 9.17) is 0 Å². The number of allylic oxidation sites excluding steroid dienone is 2. The van der Waals surface area contributed by atoms with Crippen LogP contribution in [0.1, 0.15) is 78.1 Å². The molecule has 3 unspecified atom stereocenters. The predicted octanol–water partition coefficient (Wildman–Crippen LogP) is 6.10. The fourth-order valence-corrected chi connectivity index (χ4v) is 7.35. The molecule has 4 rings (SSSR count). The Hall–Kier alpha value is -0.850. The quantitative estimate of drug-likeness (QED) is 0.573. The summed E-state index contributed by atoms with van der Waals surface area (Å²) in [5, 5.41) is 0. The van der Waals surface area contributed by atoms with E-state index in [1.165, 1.54) is 56.9 Å². The topological polar surface area (TPSA) is 17.1 Å². The Morgan fingerprint density at radius 3 is 2.79 bits per heavy atom. The van der Waals surface area contributed by atoms with Gasteiger partial charge >= 0.3 is 0 Å². The normalized spacial score (nSPS) is 44.3. The predicted molar refractivity (Wildman–Crippen MR) is 99.6 cm³/mol. The lowest BCUT2D eigenvalue weighted by Gasteiger charge is -2.54. The van der Waals surface area contributed by atoms with Gasteiger partial charge in [0, 0.05) is 6.42 Å². The first-order chi connectivity index (χ1) is 11.5. The van der Waals surface area contributed by atoms with E-state index in [1.807, 2.05) is 6.08 Å². The van der Waals surface area contributed by atoms with E-state index in [2.05, 4.69) is 20.4 Å². The highest BCUT2D eigenvalue weighted by Crippen LogP contribution is 2.64. The van der Waals surface area contributed by atoms with Crippen LogP contribution >= 0.6 is 0 Å². The standard InChI is InChI=1S/C23H34O/c1-4-5-15(2)21-10-11-22-20-8-6-16-14-17(24)7-9-18(16)19(20)12-13-23(21,22)3/h14,18-22H,2,4-13H2,1,3H3/t18-,19?,20?,21+,22?,23+/m0/s1. The van der Waals surface area contributed by atoms with Crippen LogP contribution in [0.5, 0.6) is 0 Å². The van der Waals surface area contributed by atoms with Crippen molar-refractivity contribution in [1.29, 1.82) is 0 Å². The van der Waals surface area contributed by atoms with Gasteiger partial charge in [-0.15, -0.1) is 0 Å². The van der Waals surface area contributed by atoms with Crippen LogP contribution in [0, 0.1) is 35.0 Å². The van der Waals surface area contributed by atoms with Crippen molar-refractivity contribution in [1.82, 2.24) is 0 Å². The molecule has 0 bridgehead atoms. The smallest absolute Gasteiger partial charge is 0.155 e. The van der Waals surface area contributed by atoms with E-state index < -0.39 is 0 Å². The maximum absolute atomic E-state index is 11.8. The molecule has 0 radical (unpaired) electrons. The van der Waals surface area contributed by atoms with Crippen LogP contribution in [0.25, 0.3) is 0 Å². The fraction of sp³-hybridized carbons (Fsp3) is 0.783. The van der Waals surface area contributed by atoms with Crippen molar-refractivity contribution in [2.45, 2.75) is 78.1 Å². The largest absolute Gasteiger partial charge is 0.295 e. The van der Waals surface area contributed by atoms with Gasteiger partial charge in [0.2, 0.25) is 0 Å². The summed E-state index contributed by atoms with van der Waals surface area (Å²) in [5.74, 6) is 4.59.